The predicted molar refractivity (Wildman–Crippen MR) is 91.3 cm³/mol. The van der Waals surface area contributed by atoms with Crippen molar-refractivity contribution in [3.63, 3.8) is 0 Å². The molecule has 0 heterocycles. The molecule has 20 heavy (non-hydrogen) atoms. The average molecular weight is 293 g/mol. The average Bonchev–Trinajstić information content (AvgIpc) is 2.41. The van der Waals surface area contributed by atoms with Crippen LogP contribution in [0.15, 0.2) is 18.2 Å². The predicted octanol–water partition coefficient (Wildman–Crippen LogP) is 4.56. The second kappa shape index (κ2) is 8.35. The Balaban J connectivity index is 2.73. The minimum Gasteiger partial charge on any atom is -0.372 e. The van der Waals surface area contributed by atoms with Gasteiger partial charge in [0, 0.05) is 36.5 Å². The number of aryl methyl sites for hydroxylation is 1. The van der Waals surface area contributed by atoms with E-state index in [0.717, 1.165) is 24.4 Å². The Kier molecular flexibility index (Phi) is 7.14. The summed E-state index contributed by atoms with van der Waals surface area (Å²) >= 11 is 1.84. The number of benzene rings is 1. The second-order valence-corrected chi connectivity index (χ2v) is 6.95. The normalized spacial score (nSPS) is 10.9. The van der Waals surface area contributed by atoms with Crippen molar-refractivity contribution in [3.8, 4) is 0 Å². The third-order valence-electron chi connectivity index (χ3n) is 3.40. The standard InChI is InChI=1S/C17H27NOS/c1-6-18(7-2)16-9-8-15(12-14(16)5)17(19)10-11-20-13(3)4/h8-9,12-13H,6-7,10-11H2,1-5H3. The first-order valence-corrected chi connectivity index (χ1v) is 8.54. The number of hydrogen-bond donors (Lipinski definition) is 0. The van der Waals surface area contributed by atoms with E-state index < -0.39 is 0 Å². The molecule has 0 N–H and O–H groups in total. The van der Waals surface area contributed by atoms with Gasteiger partial charge in [0.05, 0.1) is 0 Å². The largest absolute Gasteiger partial charge is 0.372 e. The highest BCUT2D eigenvalue weighted by molar-refractivity contribution is 7.99. The maximum Gasteiger partial charge on any atom is 0.163 e. The van der Waals surface area contributed by atoms with Crippen LogP contribution < -0.4 is 4.90 Å². The minimum atomic E-state index is 0.257. The van der Waals surface area contributed by atoms with E-state index in [1.807, 2.05) is 23.9 Å². The fourth-order valence-electron chi connectivity index (χ4n) is 2.28. The Morgan fingerprint density at radius 3 is 2.40 bits per heavy atom. The highest BCUT2D eigenvalue weighted by Crippen LogP contribution is 2.22. The zero-order valence-corrected chi connectivity index (χ0v) is 14.2. The summed E-state index contributed by atoms with van der Waals surface area (Å²) in [6.45, 7) is 12.7. The molecular formula is C17H27NOS. The smallest absolute Gasteiger partial charge is 0.163 e. The van der Waals surface area contributed by atoms with Crippen molar-refractivity contribution in [2.75, 3.05) is 23.7 Å². The molecule has 0 atom stereocenters. The van der Waals surface area contributed by atoms with Crippen LogP contribution in [0, 0.1) is 6.92 Å². The number of carbonyl (C=O) groups is 1. The first-order valence-electron chi connectivity index (χ1n) is 7.50. The highest BCUT2D eigenvalue weighted by Gasteiger charge is 2.10. The minimum absolute atomic E-state index is 0.257. The molecule has 3 heteroatoms. The van der Waals surface area contributed by atoms with Crippen LogP contribution in [0.4, 0.5) is 5.69 Å². The summed E-state index contributed by atoms with van der Waals surface area (Å²) in [5, 5.41) is 0.592. The lowest BCUT2D eigenvalue weighted by molar-refractivity contribution is 0.0989. The van der Waals surface area contributed by atoms with Gasteiger partial charge in [-0.05, 0) is 49.8 Å². The van der Waals surface area contributed by atoms with E-state index in [4.69, 9.17) is 0 Å². The fraction of sp³-hybridized carbons (Fsp3) is 0.588. The molecule has 0 aromatic heterocycles. The van der Waals surface area contributed by atoms with Gasteiger partial charge in [0.1, 0.15) is 0 Å². The molecule has 0 aliphatic heterocycles. The molecule has 2 nitrogen and oxygen atoms in total. The van der Waals surface area contributed by atoms with Crippen LogP contribution in [-0.2, 0) is 0 Å². The molecule has 0 bridgehead atoms. The van der Waals surface area contributed by atoms with Gasteiger partial charge in [-0.15, -0.1) is 0 Å². The zero-order valence-electron chi connectivity index (χ0n) is 13.4. The van der Waals surface area contributed by atoms with Crippen LogP contribution >= 0.6 is 11.8 Å². The lowest BCUT2D eigenvalue weighted by Crippen LogP contribution is -2.22. The summed E-state index contributed by atoms with van der Waals surface area (Å²) in [4.78, 5) is 14.5. The lowest BCUT2D eigenvalue weighted by atomic mass is 10.0. The molecular weight excluding hydrogens is 266 g/mol. The van der Waals surface area contributed by atoms with Crippen LogP contribution in [0.25, 0.3) is 0 Å². The van der Waals surface area contributed by atoms with E-state index >= 15 is 0 Å². The molecule has 1 rings (SSSR count). The Labute approximate surface area is 127 Å². The number of nitrogens with zero attached hydrogens (tertiary/aromatic N) is 1. The van der Waals surface area contributed by atoms with Crippen LogP contribution in [-0.4, -0.2) is 29.9 Å². The summed E-state index contributed by atoms with van der Waals surface area (Å²) in [6.07, 6.45) is 0.632. The number of thioether (sulfide) groups is 1. The Morgan fingerprint density at radius 2 is 1.90 bits per heavy atom. The van der Waals surface area contributed by atoms with Gasteiger partial charge in [-0.2, -0.15) is 11.8 Å². The van der Waals surface area contributed by atoms with Crippen molar-refractivity contribution < 1.29 is 4.79 Å². The SMILES string of the molecule is CCN(CC)c1ccc(C(=O)CCSC(C)C)cc1C. The first kappa shape index (κ1) is 17.1. The van der Waals surface area contributed by atoms with E-state index in [2.05, 4.69) is 45.6 Å². The number of rotatable bonds is 8. The van der Waals surface area contributed by atoms with Crippen molar-refractivity contribution >= 4 is 23.2 Å². The molecule has 0 saturated heterocycles. The molecule has 0 saturated carbocycles. The van der Waals surface area contributed by atoms with Gasteiger partial charge in [-0.1, -0.05) is 13.8 Å². The molecule has 0 fully saturated rings. The van der Waals surface area contributed by atoms with Gasteiger partial charge >= 0.3 is 0 Å². The first-order chi connectivity index (χ1) is 9.49. The summed E-state index contributed by atoms with van der Waals surface area (Å²) in [5.41, 5.74) is 3.28. The number of ketones is 1. The maximum absolute atomic E-state index is 12.2. The van der Waals surface area contributed by atoms with Gasteiger partial charge < -0.3 is 4.90 Å². The van der Waals surface area contributed by atoms with Crippen LogP contribution in [0.2, 0.25) is 0 Å². The van der Waals surface area contributed by atoms with Gasteiger partial charge in [-0.25, -0.2) is 0 Å². The number of carbonyl (C=O) groups excluding carboxylic acids is 1. The summed E-state index contributed by atoms with van der Waals surface area (Å²) in [7, 11) is 0. The Morgan fingerprint density at radius 1 is 1.25 bits per heavy atom. The summed E-state index contributed by atoms with van der Waals surface area (Å²) in [5.74, 6) is 1.17. The monoisotopic (exact) mass is 293 g/mol. The van der Waals surface area contributed by atoms with Gasteiger partial charge in [0.25, 0.3) is 0 Å². The molecule has 0 aliphatic carbocycles. The second-order valence-electron chi connectivity index (χ2n) is 5.27. The fourth-order valence-corrected chi connectivity index (χ4v) is 3.05. The van der Waals surface area contributed by atoms with Crippen molar-refractivity contribution in [2.45, 2.75) is 46.3 Å². The summed E-state index contributed by atoms with van der Waals surface area (Å²) in [6, 6.07) is 6.10. The van der Waals surface area contributed by atoms with E-state index in [-0.39, 0.29) is 5.78 Å². The molecule has 0 unspecified atom stereocenters. The Hall–Kier alpha value is -0.960. The number of hydrogen-bond acceptors (Lipinski definition) is 3. The van der Waals surface area contributed by atoms with Crippen molar-refractivity contribution in [1.82, 2.24) is 0 Å². The van der Waals surface area contributed by atoms with Gasteiger partial charge in [0.15, 0.2) is 5.78 Å². The van der Waals surface area contributed by atoms with Gasteiger partial charge in [-0.3, -0.25) is 4.79 Å². The maximum atomic E-state index is 12.2. The van der Waals surface area contributed by atoms with E-state index in [0.29, 0.717) is 11.7 Å². The van der Waals surface area contributed by atoms with Crippen LogP contribution in [0.3, 0.4) is 0 Å². The molecule has 0 aliphatic rings. The van der Waals surface area contributed by atoms with Gasteiger partial charge in [0.2, 0.25) is 0 Å². The molecule has 1 aromatic carbocycles. The number of anilines is 1. The van der Waals surface area contributed by atoms with Crippen LogP contribution in [0.5, 0.6) is 0 Å². The highest BCUT2D eigenvalue weighted by atomic mass is 32.2. The molecule has 0 radical (unpaired) electrons. The van der Waals surface area contributed by atoms with E-state index in [9.17, 15) is 4.79 Å². The van der Waals surface area contributed by atoms with Crippen molar-refractivity contribution in [3.05, 3.63) is 29.3 Å². The zero-order chi connectivity index (χ0) is 15.1. The summed E-state index contributed by atoms with van der Waals surface area (Å²) < 4.78 is 0. The van der Waals surface area contributed by atoms with E-state index in [1.165, 1.54) is 11.3 Å². The molecule has 112 valence electrons. The third kappa shape index (κ3) is 4.86. The molecule has 1 aromatic rings. The van der Waals surface area contributed by atoms with Crippen LogP contribution in [0.1, 0.15) is 50.0 Å². The molecule has 0 amide bonds. The molecule has 0 spiro atoms. The van der Waals surface area contributed by atoms with Crippen molar-refractivity contribution in [2.24, 2.45) is 0 Å². The van der Waals surface area contributed by atoms with Crippen molar-refractivity contribution in [1.29, 1.82) is 0 Å². The third-order valence-corrected chi connectivity index (χ3v) is 4.51. The quantitative estimate of drug-likeness (QED) is 0.656. The number of Topliss-reactive ketones (excluding diaryl/α,β-unsaturated/α-hetero) is 1. The topological polar surface area (TPSA) is 20.3 Å². The van der Waals surface area contributed by atoms with E-state index in [1.54, 1.807) is 0 Å². The lowest BCUT2D eigenvalue weighted by Gasteiger charge is -2.23. The Bertz CT molecular complexity index is 439.